The molecular weight excluding hydrogens is 292 g/mol. The highest BCUT2D eigenvalue weighted by molar-refractivity contribution is 6.05. The van der Waals surface area contributed by atoms with Gasteiger partial charge in [0.25, 0.3) is 0 Å². The van der Waals surface area contributed by atoms with Crippen molar-refractivity contribution in [3.63, 3.8) is 0 Å². The lowest BCUT2D eigenvalue weighted by Gasteiger charge is -1.99. The molecule has 0 aliphatic carbocycles. The van der Waals surface area contributed by atoms with Crippen molar-refractivity contribution in [3.05, 3.63) is 48.3 Å². The molecule has 0 fully saturated rings. The Morgan fingerprint density at radius 1 is 0.864 bits per heavy atom. The molecule has 0 saturated carbocycles. The fourth-order valence-corrected chi connectivity index (χ4v) is 1.26. The molecule has 0 saturated heterocycles. The van der Waals surface area contributed by atoms with Crippen LogP contribution in [0.15, 0.2) is 55.6 Å². The zero-order valence-electron chi connectivity index (χ0n) is 11.1. The summed E-state index contributed by atoms with van der Waals surface area (Å²) in [5.41, 5.74) is 0. The van der Waals surface area contributed by atoms with Crippen LogP contribution in [-0.2, 0) is 0 Å². The molecule has 9 nitrogen and oxygen atoms in total. The minimum atomic E-state index is -1.05. The first-order chi connectivity index (χ1) is 10.6. The van der Waals surface area contributed by atoms with Crippen LogP contribution in [0, 0.1) is 0 Å². The first kappa shape index (κ1) is 14.9. The molecule has 0 aromatic carbocycles. The van der Waals surface area contributed by atoms with E-state index < -0.39 is 18.1 Å². The van der Waals surface area contributed by atoms with Gasteiger partial charge >= 0.3 is 18.1 Å². The topological polar surface area (TPSA) is 126 Å². The number of furan rings is 2. The molecule has 0 aliphatic heterocycles. The monoisotopic (exact) mass is 302 g/mol. The molecule has 6 amide bonds. The van der Waals surface area contributed by atoms with E-state index in [4.69, 9.17) is 8.83 Å². The largest absolute Gasteiger partial charge is 0.463 e. The predicted molar refractivity (Wildman–Crippen MR) is 75.1 cm³/mol. The van der Waals surface area contributed by atoms with Crippen LogP contribution in [0.25, 0.3) is 0 Å². The molecule has 0 aliphatic rings. The summed E-state index contributed by atoms with van der Waals surface area (Å²) in [7, 11) is 0. The SMILES string of the molecule is O=C(N=Cc1ccco1)NC(=O)NC(=O)N=Cc1ccco1. The van der Waals surface area contributed by atoms with Gasteiger partial charge in [0.05, 0.1) is 25.0 Å². The Hall–Kier alpha value is -3.49. The van der Waals surface area contributed by atoms with Crippen LogP contribution in [0.2, 0.25) is 0 Å². The van der Waals surface area contributed by atoms with Gasteiger partial charge in [-0.25, -0.2) is 14.4 Å². The molecule has 0 spiro atoms. The van der Waals surface area contributed by atoms with Gasteiger partial charge in [0.2, 0.25) is 0 Å². The van der Waals surface area contributed by atoms with Crippen molar-refractivity contribution in [3.8, 4) is 0 Å². The number of amides is 6. The van der Waals surface area contributed by atoms with E-state index in [1.54, 1.807) is 24.3 Å². The number of rotatable bonds is 2. The van der Waals surface area contributed by atoms with Crippen LogP contribution in [0.4, 0.5) is 14.4 Å². The standard InChI is InChI=1S/C13H10N4O5/c18-11(14-7-9-3-1-5-21-9)16-13(20)17-12(19)15-8-10-4-2-6-22-10/h1-8H,(H2,16,17,18,19,20). The highest BCUT2D eigenvalue weighted by Gasteiger charge is 2.09. The van der Waals surface area contributed by atoms with Gasteiger partial charge in [0.1, 0.15) is 11.5 Å². The third-order valence-corrected chi connectivity index (χ3v) is 2.15. The van der Waals surface area contributed by atoms with Gasteiger partial charge in [-0.05, 0) is 24.3 Å². The van der Waals surface area contributed by atoms with E-state index in [0.29, 0.717) is 11.5 Å². The molecule has 0 atom stereocenters. The average Bonchev–Trinajstić information content (AvgIpc) is 3.16. The smallest absolute Gasteiger partial charge is 0.349 e. The van der Waals surface area contributed by atoms with E-state index in [1.807, 2.05) is 10.6 Å². The third-order valence-electron chi connectivity index (χ3n) is 2.15. The van der Waals surface area contributed by atoms with Gasteiger partial charge in [-0.3, -0.25) is 10.6 Å². The summed E-state index contributed by atoms with van der Waals surface area (Å²) in [5.74, 6) is 0.685. The van der Waals surface area contributed by atoms with Crippen molar-refractivity contribution in [2.24, 2.45) is 9.98 Å². The number of carbonyl (C=O) groups excluding carboxylic acids is 3. The molecule has 2 aromatic heterocycles. The van der Waals surface area contributed by atoms with Gasteiger partial charge in [-0.2, -0.15) is 9.98 Å². The Balaban J connectivity index is 1.77. The number of urea groups is 3. The summed E-state index contributed by atoms with van der Waals surface area (Å²) in [5, 5.41) is 3.64. The Bertz CT molecular complexity index is 641. The Morgan fingerprint density at radius 3 is 1.68 bits per heavy atom. The molecule has 2 rings (SSSR count). The lowest BCUT2D eigenvalue weighted by atomic mass is 10.5. The summed E-state index contributed by atoms with van der Waals surface area (Å²) in [6.07, 6.45) is 5.06. The van der Waals surface area contributed by atoms with Crippen LogP contribution in [-0.4, -0.2) is 30.5 Å². The van der Waals surface area contributed by atoms with Crippen molar-refractivity contribution in [1.29, 1.82) is 0 Å². The molecular formula is C13H10N4O5. The highest BCUT2D eigenvalue weighted by Crippen LogP contribution is 1.96. The van der Waals surface area contributed by atoms with E-state index in [1.165, 1.54) is 12.5 Å². The van der Waals surface area contributed by atoms with Crippen LogP contribution in [0.5, 0.6) is 0 Å². The lowest BCUT2D eigenvalue weighted by molar-refractivity contribution is 0.227. The molecule has 2 aromatic rings. The van der Waals surface area contributed by atoms with Crippen LogP contribution in [0.3, 0.4) is 0 Å². The molecule has 2 N–H and O–H groups in total. The summed E-state index contributed by atoms with van der Waals surface area (Å²) in [6, 6.07) is 3.40. The highest BCUT2D eigenvalue weighted by atomic mass is 16.3. The van der Waals surface area contributed by atoms with Gasteiger partial charge in [0, 0.05) is 0 Å². The summed E-state index contributed by atoms with van der Waals surface area (Å²) >= 11 is 0. The molecule has 22 heavy (non-hydrogen) atoms. The summed E-state index contributed by atoms with van der Waals surface area (Å²) in [6.45, 7) is 0. The molecule has 112 valence electrons. The Kier molecular flexibility index (Phi) is 4.97. The molecule has 9 heteroatoms. The molecule has 0 radical (unpaired) electrons. The maximum Gasteiger partial charge on any atom is 0.349 e. The maximum absolute atomic E-state index is 11.3. The van der Waals surface area contributed by atoms with E-state index >= 15 is 0 Å². The lowest BCUT2D eigenvalue weighted by Crippen LogP contribution is -2.40. The predicted octanol–water partition coefficient (Wildman–Crippen LogP) is 1.95. The van der Waals surface area contributed by atoms with Crippen LogP contribution >= 0.6 is 0 Å². The van der Waals surface area contributed by atoms with Crippen molar-refractivity contribution in [2.45, 2.75) is 0 Å². The minimum Gasteiger partial charge on any atom is -0.463 e. The van der Waals surface area contributed by atoms with Gasteiger partial charge in [0.15, 0.2) is 0 Å². The zero-order valence-corrected chi connectivity index (χ0v) is 11.1. The second-order valence-electron chi connectivity index (χ2n) is 3.74. The fraction of sp³-hybridized carbons (Fsp3) is 0. The second-order valence-corrected chi connectivity index (χ2v) is 3.74. The van der Waals surface area contributed by atoms with Crippen molar-refractivity contribution in [2.75, 3.05) is 0 Å². The van der Waals surface area contributed by atoms with Gasteiger partial charge in [-0.1, -0.05) is 0 Å². The first-order valence-electron chi connectivity index (χ1n) is 5.94. The first-order valence-corrected chi connectivity index (χ1v) is 5.94. The van der Waals surface area contributed by atoms with Crippen molar-refractivity contribution in [1.82, 2.24) is 10.6 Å². The second kappa shape index (κ2) is 7.33. The van der Waals surface area contributed by atoms with E-state index in [9.17, 15) is 14.4 Å². The summed E-state index contributed by atoms with van der Waals surface area (Å²) < 4.78 is 9.82. The number of imide groups is 2. The van der Waals surface area contributed by atoms with Crippen LogP contribution < -0.4 is 10.6 Å². The fourth-order valence-electron chi connectivity index (χ4n) is 1.26. The molecule has 0 unspecified atom stereocenters. The van der Waals surface area contributed by atoms with Gasteiger partial charge < -0.3 is 8.83 Å². The maximum atomic E-state index is 11.3. The van der Waals surface area contributed by atoms with E-state index in [-0.39, 0.29) is 0 Å². The van der Waals surface area contributed by atoms with E-state index in [0.717, 1.165) is 12.4 Å². The zero-order chi connectivity index (χ0) is 15.8. The third kappa shape index (κ3) is 4.89. The van der Waals surface area contributed by atoms with E-state index in [2.05, 4.69) is 9.98 Å². The number of hydrogen-bond donors (Lipinski definition) is 2. The van der Waals surface area contributed by atoms with Crippen molar-refractivity contribution < 1.29 is 23.2 Å². The number of aliphatic imine (C=N–C) groups is 2. The Labute approximate surface area is 123 Å². The number of hydrogen-bond acceptors (Lipinski definition) is 5. The minimum absolute atomic E-state index is 0.342. The molecule has 2 heterocycles. The quantitative estimate of drug-likeness (QED) is 0.820. The normalized spacial score (nSPS) is 10.9. The number of carbonyl (C=O) groups is 3. The van der Waals surface area contributed by atoms with Gasteiger partial charge in [-0.15, -0.1) is 0 Å². The Morgan fingerprint density at radius 2 is 1.32 bits per heavy atom. The average molecular weight is 302 g/mol. The number of nitrogens with zero attached hydrogens (tertiary/aromatic N) is 2. The van der Waals surface area contributed by atoms with Crippen molar-refractivity contribution >= 4 is 30.5 Å². The number of nitrogens with one attached hydrogen (secondary N) is 2. The molecule has 0 bridgehead atoms. The van der Waals surface area contributed by atoms with Crippen LogP contribution in [0.1, 0.15) is 11.5 Å². The summed E-state index contributed by atoms with van der Waals surface area (Å²) in [4.78, 5) is 40.7.